The van der Waals surface area contributed by atoms with Gasteiger partial charge in [-0.2, -0.15) is 0 Å². The van der Waals surface area contributed by atoms with E-state index in [0.29, 0.717) is 13.2 Å². The maximum atomic E-state index is 13.5. The van der Waals surface area contributed by atoms with Crippen LogP contribution in [-0.4, -0.2) is 55.0 Å². The van der Waals surface area contributed by atoms with E-state index in [-0.39, 0.29) is 12.5 Å². The molecule has 0 amide bonds. The Hall–Kier alpha value is -3.66. The van der Waals surface area contributed by atoms with E-state index in [1.807, 2.05) is 91.9 Å². The molecule has 2 saturated heterocycles. The molecule has 2 fully saturated rings. The first-order valence-electron chi connectivity index (χ1n) is 15.5. The molecule has 232 valence electrons. The first-order valence-corrected chi connectivity index (χ1v) is 16.5. The second-order valence-electron chi connectivity index (χ2n) is 11.3. The zero-order valence-corrected chi connectivity index (χ0v) is 25.8. The molecule has 1 unspecified atom stereocenters. The summed E-state index contributed by atoms with van der Waals surface area (Å²) in [5.74, 6) is 0.681. The van der Waals surface area contributed by atoms with Gasteiger partial charge >= 0.3 is 6.16 Å². The summed E-state index contributed by atoms with van der Waals surface area (Å²) in [5.41, 5.74) is 6.03. The van der Waals surface area contributed by atoms with Crippen LogP contribution in [0.25, 0.3) is 11.1 Å². The molecule has 4 aromatic carbocycles. The van der Waals surface area contributed by atoms with Gasteiger partial charge in [-0.15, -0.1) is 11.8 Å². The number of carbonyl (C=O) groups is 1. The molecule has 4 aromatic rings. The second-order valence-corrected chi connectivity index (χ2v) is 12.7. The van der Waals surface area contributed by atoms with Crippen LogP contribution >= 0.6 is 11.8 Å². The van der Waals surface area contributed by atoms with Gasteiger partial charge in [0.15, 0.2) is 12.4 Å². The van der Waals surface area contributed by atoms with E-state index in [0.717, 1.165) is 28.0 Å². The zero-order valence-electron chi connectivity index (χ0n) is 25.0. The molecule has 6 atom stereocenters. The molecule has 8 heteroatoms. The van der Waals surface area contributed by atoms with E-state index in [1.165, 1.54) is 11.1 Å². The minimum absolute atomic E-state index is 0.0756. The van der Waals surface area contributed by atoms with Gasteiger partial charge in [0, 0.05) is 11.5 Å². The number of carbonyl (C=O) groups excluding carboxylic acids is 1. The normalized spacial score (nSPS) is 25.5. The van der Waals surface area contributed by atoms with Crippen LogP contribution in [0.15, 0.2) is 109 Å². The monoisotopic (exact) mass is 624 g/mol. The van der Waals surface area contributed by atoms with Crippen molar-refractivity contribution >= 4 is 17.9 Å². The van der Waals surface area contributed by atoms with Crippen molar-refractivity contribution in [3.8, 4) is 11.1 Å². The summed E-state index contributed by atoms with van der Waals surface area (Å²) in [4.78, 5) is 13.5. The SMILES string of the molecule is CCS[C@@H]1O[C@@H]2COC(c3ccccc3)O[C@H]2[C@H](OCc2ccccc2)[C@H]1OC(=O)OCC1c2ccccc2-c2ccccc21. The van der Waals surface area contributed by atoms with Gasteiger partial charge in [0.2, 0.25) is 0 Å². The first-order chi connectivity index (χ1) is 22.2. The van der Waals surface area contributed by atoms with Gasteiger partial charge in [0.1, 0.15) is 30.4 Å². The van der Waals surface area contributed by atoms with Crippen LogP contribution in [0.4, 0.5) is 4.79 Å². The molecule has 7 rings (SSSR count). The standard InChI is InChI=1S/C37H36O7S/c1-2-45-36-34(44-37(38)41-22-30-28-19-11-9-17-26(28)27-18-10-12-20-29(27)30)33(39-21-24-13-5-3-6-14-24)32-31(42-36)23-40-35(43-32)25-15-7-4-8-16-25/h3-20,30-36H,2,21-23H2,1H3/t31-,32-,33+,34-,35?,36+/m1/s1. The van der Waals surface area contributed by atoms with Gasteiger partial charge in [0.25, 0.3) is 0 Å². The van der Waals surface area contributed by atoms with Gasteiger partial charge in [-0.1, -0.05) is 116 Å². The van der Waals surface area contributed by atoms with Crippen molar-refractivity contribution in [2.75, 3.05) is 19.0 Å². The maximum Gasteiger partial charge on any atom is 0.508 e. The van der Waals surface area contributed by atoms with Gasteiger partial charge in [-0.3, -0.25) is 0 Å². The Morgan fingerprint density at radius 1 is 0.800 bits per heavy atom. The summed E-state index contributed by atoms with van der Waals surface area (Å²) in [6, 6.07) is 36.2. The summed E-state index contributed by atoms with van der Waals surface area (Å²) >= 11 is 1.56. The van der Waals surface area contributed by atoms with Crippen LogP contribution in [0.5, 0.6) is 0 Å². The predicted molar refractivity (Wildman–Crippen MR) is 172 cm³/mol. The van der Waals surface area contributed by atoms with Crippen molar-refractivity contribution in [1.82, 2.24) is 0 Å². The second kappa shape index (κ2) is 13.8. The molecule has 0 bridgehead atoms. The molecule has 2 aliphatic heterocycles. The lowest BCUT2D eigenvalue weighted by Gasteiger charge is -2.48. The van der Waals surface area contributed by atoms with E-state index < -0.39 is 42.3 Å². The van der Waals surface area contributed by atoms with Crippen LogP contribution in [0.2, 0.25) is 0 Å². The van der Waals surface area contributed by atoms with Gasteiger partial charge in [0.05, 0.1) is 13.2 Å². The van der Waals surface area contributed by atoms with Crippen molar-refractivity contribution < 1.29 is 33.2 Å². The zero-order chi connectivity index (χ0) is 30.6. The quantitative estimate of drug-likeness (QED) is 0.177. The van der Waals surface area contributed by atoms with Crippen molar-refractivity contribution in [2.24, 2.45) is 0 Å². The molecule has 0 N–H and O–H groups in total. The fourth-order valence-electron chi connectivity index (χ4n) is 6.44. The highest BCUT2D eigenvalue weighted by atomic mass is 32.2. The first kappa shape index (κ1) is 30.0. The Kier molecular flexibility index (Phi) is 9.18. The molecular formula is C37H36O7S. The van der Waals surface area contributed by atoms with Gasteiger partial charge in [-0.25, -0.2) is 4.79 Å². The van der Waals surface area contributed by atoms with E-state index >= 15 is 0 Å². The Morgan fingerprint density at radius 2 is 1.44 bits per heavy atom. The lowest BCUT2D eigenvalue weighted by Crippen LogP contribution is -2.62. The number of benzene rings is 4. The third kappa shape index (κ3) is 6.39. The maximum absolute atomic E-state index is 13.5. The topological polar surface area (TPSA) is 72.5 Å². The number of thioether (sulfide) groups is 1. The molecule has 0 saturated carbocycles. The fraction of sp³-hybridized carbons (Fsp3) is 0.324. The van der Waals surface area contributed by atoms with Crippen LogP contribution in [0.1, 0.15) is 41.4 Å². The Morgan fingerprint density at radius 3 is 2.13 bits per heavy atom. The molecule has 45 heavy (non-hydrogen) atoms. The minimum atomic E-state index is -0.773. The van der Waals surface area contributed by atoms with E-state index in [9.17, 15) is 4.79 Å². The summed E-state index contributed by atoms with van der Waals surface area (Å²) in [6.45, 7) is 2.86. The molecule has 3 aliphatic rings. The van der Waals surface area contributed by atoms with Gasteiger partial charge < -0.3 is 28.4 Å². The smallest absolute Gasteiger partial charge is 0.433 e. The summed E-state index contributed by atoms with van der Waals surface area (Å²) in [7, 11) is 0. The summed E-state index contributed by atoms with van der Waals surface area (Å²) in [5, 5.41) is 0. The summed E-state index contributed by atoms with van der Waals surface area (Å²) in [6.07, 6.45) is -3.67. The number of hydrogen-bond donors (Lipinski definition) is 0. The van der Waals surface area contributed by atoms with Crippen LogP contribution in [0, 0.1) is 0 Å². The molecule has 7 nitrogen and oxygen atoms in total. The van der Waals surface area contributed by atoms with Crippen molar-refractivity contribution in [1.29, 1.82) is 0 Å². The van der Waals surface area contributed by atoms with Crippen LogP contribution in [-0.2, 0) is 35.0 Å². The lowest BCUT2D eigenvalue weighted by atomic mass is 9.98. The average molecular weight is 625 g/mol. The van der Waals surface area contributed by atoms with Crippen molar-refractivity contribution in [2.45, 2.75) is 55.6 Å². The van der Waals surface area contributed by atoms with E-state index in [2.05, 4.69) is 24.3 Å². The summed E-state index contributed by atoms with van der Waals surface area (Å²) < 4.78 is 37.7. The molecule has 0 radical (unpaired) electrons. The van der Waals surface area contributed by atoms with E-state index in [4.69, 9.17) is 28.4 Å². The van der Waals surface area contributed by atoms with Crippen molar-refractivity contribution in [3.63, 3.8) is 0 Å². The molecule has 2 heterocycles. The molecule has 0 spiro atoms. The lowest BCUT2D eigenvalue weighted by molar-refractivity contribution is -0.325. The predicted octanol–water partition coefficient (Wildman–Crippen LogP) is 7.50. The number of hydrogen-bond acceptors (Lipinski definition) is 8. The highest BCUT2D eigenvalue weighted by Gasteiger charge is 2.52. The highest BCUT2D eigenvalue weighted by Crippen LogP contribution is 2.45. The number of rotatable bonds is 9. The number of fused-ring (bicyclic) bond motifs is 4. The Labute approximate surface area is 267 Å². The molecule has 0 aromatic heterocycles. The van der Waals surface area contributed by atoms with Crippen LogP contribution < -0.4 is 0 Å². The van der Waals surface area contributed by atoms with Gasteiger partial charge in [-0.05, 0) is 33.6 Å². The third-order valence-electron chi connectivity index (χ3n) is 8.53. The molecular weight excluding hydrogens is 588 g/mol. The Balaban J connectivity index is 1.12. The largest absolute Gasteiger partial charge is 0.508 e. The molecule has 1 aliphatic carbocycles. The van der Waals surface area contributed by atoms with Crippen molar-refractivity contribution in [3.05, 3.63) is 131 Å². The Bertz CT molecular complexity index is 1540. The minimum Gasteiger partial charge on any atom is -0.433 e. The van der Waals surface area contributed by atoms with Crippen LogP contribution in [0.3, 0.4) is 0 Å². The van der Waals surface area contributed by atoms with E-state index in [1.54, 1.807) is 11.8 Å². The fourth-order valence-corrected chi connectivity index (χ4v) is 7.39. The third-order valence-corrected chi connectivity index (χ3v) is 9.58. The highest BCUT2D eigenvalue weighted by molar-refractivity contribution is 7.99. The number of ether oxygens (including phenoxy) is 6. The average Bonchev–Trinajstić information content (AvgIpc) is 3.41.